The number of hydrogen-bond acceptors (Lipinski definition) is 5. The summed E-state index contributed by atoms with van der Waals surface area (Å²) in [5.74, 6) is -0.535. The maximum atomic E-state index is 10.5. The summed E-state index contributed by atoms with van der Waals surface area (Å²) in [5.41, 5.74) is 0. The molecular formula is C6H13KO5. The van der Waals surface area contributed by atoms with E-state index >= 15 is 0 Å². The van der Waals surface area contributed by atoms with Crippen LogP contribution in [0.1, 0.15) is 1.43 Å². The van der Waals surface area contributed by atoms with Gasteiger partial charge in [-0.25, -0.2) is 4.79 Å². The number of carbonyl (C=O) groups is 1. The molecule has 0 rings (SSSR count). The number of aliphatic hydroxyl groups excluding tert-OH is 2. The van der Waals surface area contributed by atoms with Crippen LogP contribution < -0.4 is 51.4 Å². The first kappa shape index (κ1) is 15.5. The van der Waals surface area contributed by atoms with Gasteiger partial charge in [-0.05, 0) is 0 Å². The molecule has 0 aliphatic rings. The van der Waals surface area contributed by atoms with Gasteiger partial charge >= 0.3 is 57.4 Å². The first-order valence-electron chi connectivity index (χ1n) is 3.26. The number of ether oxygens (including phenoxy) is 2. The minimum atomic E-state index is -0.535. The van der Waals surface area contributed by atoms with Crippen molar-refractivity contribution in [3.05, 3.63) is 0 Å². The average Bonchev–Trinajstić information content (AvgIpc) is 2.01. The fourth-order valence-corrected chi connectivity index (χ4v) is 0.421. The maximum Gasteiger partial charge on any atom is 1.00 e. The zero-order chi connectivity index (χ0) is 8.53. The average molecular weight is 204 g/mol. The van der Waals surface area contributed by atoms with Gasteiger partial charge < -0.3 is 21.1 Å². The summed E-state index contributed by atoms with van der Waals surface area (Å²) in [4.78, 5) is 10.5. The molecule has 0 fully saturated rings. The molecule has 0 atom stereocenters. The van der Waals surface area contributed by atoms with Crippen molar-refractivity contribution in [3.63, 3.8) is 0 Å². The summed E-state index contributed by atoms with van der Waals surface area (Å²) in [7, 11) is 0. The number of esters is 1. The SMILES string of the molecule is O=C(COCCO)OCCO.[H-].[K+]. The summed E-state index contributed by atoms with van der Waals surface area (Å²) < 4.78 is 9.08. The van der Waals surface area contributed by atoms with Gasteiger partial charge in [-0.15, -0.1) is 0 Å². The molecule has 0 heterocycles. The Morgan fingerprint density at radius 3 is 2.33 bits per heavy atom. The van der Waals surface area contributed by atoms with Crippen molar-refractivity contribution < 1.29 is 77.3 Å². The Kier molecular flexibility index (Phi) is 15.4. The standard InChI is InChI=1S/C6H12O5.K.H/c7-1-3-10-5-6(9)11-4-2-8;;/h7-8H,1-5H2;;/q;+1;-1. The van der Waals surface area contributed by atoms with E-state index in [2.05, 4.69) is 9.47 Å². The summed E-state index contributed by atoms with van der Waals surface area (Å²) in [5, 5.41) is 16.5. The molecule has 2 N–H and O–H groups in total. The number of hydrogen-bond donors (Lipinski definition) is 2. The van der Waals surface area contributed by atoms with Crippen LogP contribution in [0, 0.1) is 0 Å². The molecular weight excluding hydrogens is 191 g/mol. The summed E-state index contributed by atoms with van der Waals surface area (Å²) in [6.07, 6.45) is 0. The van der Waals surface area contributed by atoms with E-state index in [1.54, 1.807) is 0 Å². The Morgan fingerprint density at radius 2 is 1.83 bits per heavy atom. The molecule has 12 heavy (non-hydrogen) atoms. The van der Waals surface area contributed by atoms with Crippen LogP contribution in [0.4, 0.5) is 0 Å². The quantitative estimate of drug-likeness (QED) is 0.260. The number of aliphatic hydroxyl groups is 2. The summed E-state index contributed by atoms with van der Waals surface area (Å²) in [6.45, 7) is -0.380. The van der Waals surface area contributed by atoms with Crippen molar-refractivity contribution in [3.8, 4) is 0 Å². The molecule has 0 saturated carbocycles. The minimum absolute atomic E-state index is 0. The van der Waals surface area contributed by atoms with E-state index in [9.17, 15) is 4.79 Å². The Morgan fingerprint density at radius 1 is 1.25 bits per heavy atom. The molecule has 68 valence electrons. The van der Waals surface area contributed by atoms with Crippen LogP contribution in [0.5, 0.6) is 0 Å². The van der Waals surface area contributed by atoms with Crippen molar-refractivity contribution in [2.45, 2.75) is 0 Å². The molecule has 0 aromatic heterocycles. The van der Waals surface area contributed by atoms with Gasteiger partial charge in [-0.1, -0.05) is 0 Å². The molecule has 0 aliphatic carbocycles. The van der Waals surface area contributed by atoms with E-state index in [1.165, 1.54) is 0 Å². The maximum absolute atomic E-state index is 10.5. The van der Waals surface area contributed by atoms with Crippen LogP contribution in [0.15, 0.2) is 0 Å². The molecule has 0 aromatic carbocycles. The zero-order valence-corrected chi connectivity index (χ0v) is 10.3. The first-order valence-corrected chi connectivity index (χ1v) is 3.26. The van der Waals surface area contributed by atoms with E-state index < -0.39 is 5.97 Å². The van der Waals surface area contributed by atoms with Crippen LogP contribution in [0.3, 0.4) is 0 Å². The van der Waals surface area contributed by atoms with Crippen LogP contribution in [0.25, 0.3) is 0 Å². The fraction of sp³-hybridized carbons (Fsp3) is 0.833. The van der Waals surface area contributed by atoms with Crippen molar-refractivity contribution >= 4 is 5.97 Å². The molecule has 0 aromatic rings. The second-order valence-electron chi connectivity index (χ2n) is 1.72. The monoisotopic (exact) mass is 204 g/mol. The van der Waals surface area contributed by atoms with Crippen LogP contribution in [0.2, 0.25) is 0 Å². The third-order valence-electron chi connectivity index (χ3n) is 0.810. The molecule has 0 bridgehead atoms. The molecule has 6 heteroatoms. The molecule has 0 saturated heterocycles. The third-order valence-corrected chi connectivity index (χ3v) is 0.810. The van der Waals surface area contributed by atoms with E-state index in [4.69, 9.17) is 10.2 Å². The predicted octanol–water partition coefficient (Wildman–Crippen LogP) is -4.35. The molecule has 5 nitrogen and oxygen atoms in total. The first-order chi connectivity index (χ1) is 5.31. The number of carbonyl (C=O) groups excluding carboxylic acids is 1. The summed E-state index contributed by atoms with van der Waals surface area (Å²) in [6, 6.07) is 0. The van der Waals surface area contributed by atoms with Gasteiger partial charge in [0.15, 0.2) is 0 Å². The van der Waals surface area contributed by atoms with Gasteiger partial charge in [0.25, 0.3) is 0 Å². The normalized spacial score (nSPS) is 8.83. The second-order valence-corrected chi connectivity index (χ2v) is 1.72. The van der Waals surface area contributed by atoms with Crippen molar-refractivity contribution in [1.82, 2.24) is 0 Å². The van der Waals surface area contributed by atoms with Gasteiger partial charge in [-0.2, -0.15) is 0 Å². The van der Waals surface area contributed by atoms with E-state index in [0.29, 0.717) is 0 Å². The Balaban J connectivity index is -0.000000500. The van der Waals surface area contributed by atoms with Crippen LogP contribution in [-0.2, 0) is 14.3 Å². The van der Waals surface area contributed by atoms with Crippen LogP contribution >= 0.6 is 0 Å². The van der Waals surface area contributed by atoms with E-state index in [0.717, 1.165) is 0 Å². The molecule has 0 radical (unpaired) electrons. The van der Waals surface area contributed by atoms with E-state index in [-0.39, 0.29) is 85.8 Å². The number of rotatable bonds is 6. The van der Waals surface area contributed by atoms with Gasteiger partial charge in [0.2, 0.25) is 0 Å². The Labute approximate surface area is 115 Å². The largest absolute Gasteiger partial charge is 1.00 e. The van der Waals surface area contributed by atoms with Crippen molar-refractivity contribution in [1.29, 1.82) is 0 Å². The molecule has 0 aliphatic heterocycles. The topological polar surface area (TPSA) is 76.0 Å². The van der Waals surface area contributed by atoms with Gasteiger partial charge in [0.1, 0.15) is 13.2 Å². The molecule has 0 unspecified atom stereocenters. The molecule has 0 spiro atoms. The predicted molar refractivity (Wildman–Crippen MR) is 37.1 cm³/mol. The zero-order valence-electron chi connectivity index (χ0n) is 8.15. The van der Waals surface area contributed by atoms with Gasteiger partial charge in [0, 0.05) is 0 Å². The van der Waals surface area contributed by atoms with E-state index in [1.807, 2.05) is 0 Å². The Hall–Kier alpha value is 0.986. The van der Waals surface area contributed by atoms with Crippen molar-refractivity contribution in [2.24, 2.45) is 0 Å². The van der Waals surface area contributed by atoms with Gasteiger partial charge in [-0.3, -0.25) is 0 Å². The van der Waals surface area contributed by atoms with Gasteiger partial charge in [0.05, 0.1) is 19.8 Å². The Bertz CT molecular complexity index is 113. The van der Waals surface area contributed by atoms with Crippen molar-refractivity contribution in [2.75, 3.05) is 33.0 Å². The third kappa shape index (κ3) is 11.0. The molecule has 0 amide bonds. The summed E-state index contributed by atoms with van der Waals surface area (Å²) >= 11 is 0. The minimum Gasteiger partial charge on any atom is -1.00 e. The van der Waals surface area contributed by atoms with Crippen LogP contribution in [-0.4, -0.2) is 49.2 Å². The smallest absolute Gasteiger partial charge is 1.00 e. The second kappa shape index (κ2) is 12.0. The fourth-order valence-electron chi connectivity index (χ4n) is 0.421.